The third kappa shape index (κ3) is 3.61. The number of methoxy groups -OCH3 is 1. The van der Waals surface area contributed by atoms with Crippen LogP contribution in [-0.4, -0.2) is 48.0 Å². The Hall–Kier alpha value is -3.02. The van der Waals surface area contributed by atoms with Gasteiger partial charge in [0.05, 0.1) is 25.1 Å². The topological polar surface area (TPSA) is 61.9 Å². The zero-order valence-corrected chi connectivity index (χ0v) is 18.8. The summed E-state index contributed by atoms with van der Waals surface area (Å²) in [6.07, 6.45) is 3.38. The van der Waals surface area contributed by atoms with Crippen LogP contribution in [0.5, 0.6) is 5.75 Å². The van der Waals surface area contributed by atoms with Crippen molar-refractivity contribution in [2.75, 3.05) is 20.2 Å². The number of benzene rings is 2. The number of hydrogen-bond acceptors (Lipinski definition) is 3. The molecule has 3 unspecified atom stereocenters. The van der Waals surface area contributed by atoms with Gasteiger partial charge in [-0.2, -0.15) is 0 Å². The first-order valence-corrected chi connectivity index (χ1v) is 11.7. The Morgan fingerprint density at radius 3 is 2.75 bits per heavy atom. The molecule has 2 aromatic carbocycles. The summed E-state index contributed by atoms with van der Waals surface area (Å²) in [5.74, 6) is 0.963. The van der Waals surface area contributed by atoms with Crippen molar-refractivity contribution < 1.29 is 14.3 Å². The van der Waals surface area contributed by atoms with E-state index in [0.717, 1.165) is 43.5 Å². The summed E-state index contributed by atoms with van der Waals surface area (Å²) in [7, 11) is 1.68. The summed E-state index contributed by atoms with van der Waals surface area (Å²) in [6, 6.07) is 16.0. The molecular formula is C26H31N3O3. The first-order chi connectivity index (χ1) is 15.6. The molecule has 168 valence electrons. The minimum Gasteiger partial charge on any atom is -0.497 e. The molecule has 0 radical (unpaired) electrons. The largest absolute Gasteiger partial charge is 0.497 e. The van der Waals surface area contributed by atoms with Gasteiger partial charge in [0, 0.05) is 19.1 Å². The lowest BCUT2D eigenvalue weighted by atomic mass is 9.76. The predicted octanol–water partition coefficient (Wildman–Crippen LogP) is 4.08. The molecule has 3 aliphatic heterocycles. The van der Waals surface area contributed by atoms with Crippen LogP contribution in [0.25, 0.3) is 0 Å². The molecule has 2 saturated heterocycles. The molecular weight excluding hydrogens is 402 g/mol. The number of likely N-dealkylation sites (tertiary alicyclic amines) is 1. The smallest absolute Gasteiger partial charge is 0.318 e. The Kier molecular flexibility index (Phi) is 5.53. The zero-order valence-electron chi connectivity index (χ0n) is 18.8. The van der Waals surface area contributed by atoms with Crippen molar-refractivity contribution in [3.8, 4) is 5.75 Å². The standard InChI is InChI=1S/C26H31N3O3/c1-17(18-7-4-3-5-8-18)27-26(31)29-13-6-9-22-24(29)16-23-21-11-10-20(32-2)15-19(21)12-14-28(23)25(22)30/h3-5,7-8,10-11,15,17,22-24H,6,9,12-14,16H2,1-2H3,(H,27,31)/t17-,22?,23?,24?/m1/s1. The first-order valence-electron chi connectivity index (χ1n) is 11.7. The van der Waals surface area contributed by atoms with Crippen molar-refractivity contribution in [1.82, 2.24) is 15.1 Å². The molecule has 0 aromatic heterocycles. The van der Waals surface area contributed by atoms with Crippen LogP contribution >= 0.6 is 0 Å². The summed E-state index contributed by atoms with van der Waals surface area (Å²) < 4.78 is 5.40. The van der Waals surface area contributed by atoms with Crippen molar-refractivity contribution in [2.45, 2.75) is 50.7 Å². The summed E-state index contributed by atoms with van der Waals surface area (Å²) >= 11 is 0. The molecule has 3 heterocycles. The molecule has 0 saturated carbocycles. The van der Waals surface area contributed by atoms with Crippen LogP contribution in [-0.2, 0) is 11.2 Å². The first kappa shape index (κ1) is 20.9. The number of carbonyl (C=O) groups excluding carboxylic acids is 2. The molecule has 32 heavy (non-hydrogen) atoms. The molecule has 2 fully saturated rings. The Morgan fingerprint density at radius 1 is 1.16 bits per heavy atom. The van der Waals surface area contributed by atoms with Gasteiger partial charge in [0.1, 0.15) is 5.75 Å². The van der Waals surface area contributed by atoms with E-state index in [0.29, 0.717) is 6.54 Å². The van der Waals surface area contributed by atoms with Crippen LogP contribution < -0.4 is 10.1 Å². The van der Waals surface area contributed by atoms with Crippen LogP contribution in [0.15, 0.2) is 48.5 Å². The molecule has 0 aliphatic carbocycles. The van der Waals surface area contributed by atoms with E-state index >= 15 is 0 Å². The molecule has 3 amide bonds. The van der Waals surface area contributed by atoms with Gasteiger partial charge in [0.15, 0.2) is 0 Å². The highest BCUT2D eigenvalue weighted by atomic mass is 16.5. The Labute approximate surface area is 189 Å². The van der Waals surface area contributed by atoms with E-state index in [1.54, 1.807) is 7.11 Å². The average molecular weight is 434 g/mol. The van der Waals surface area contributed by atoms with Gasteiger partial charge < -0.3 is 19.9 Å². The van der Waals surface area contributed by atoms with E-state index in [2.05, 4.69) is 22.3 Å². The summed E-state index contributed by atoms with van der Waals surface area (Å²) in [4.78, 5) is 30.8. The number of hydrogen-bond donors (Lipinski definition) is 1. The number of ether oxygens (including phenoxy) is 1. The van der Waals surface area contributed by atoms with Crippen LogP contribution in [0, 0.1) is 5.92 Å². The maximum Gasteiger partial charge on any atom is 0.318 e. The number of carbonyl (C=O) groups is 2. The molecule has 6 nitrogen and oxygen atoms in total. The number of piperidine rings is 2. The molecule has 0 spiro atoms. The third-order valence-corrected chi connectivity index (χ3v) is 7.45. The van der Waals surface area contributed by atoms with Gasteiger partial charge in [0.25, 0.3) is 0 Å². The van der Waals surface area contributed by atoms with Crippen molar-refractivity contribution in [3.05, 3.63) is 65.2 Å². The van der Waals surface area contributed by atoms with Crippen LogP contribution in [0.2, 0.25) is 0 Å². The second kappa shape index (κ2) is 8.49. The lowest BCUT2D eigenvalue weighted by Gasteiger charge is -2.51. The van der Waals surface area contributed by atoms with Gasteiger partial charge in [0.2, 0.25) is 5.91 Å². The lowest BCUT2D eigenvalue weighted by Crippen LogP contribution is -2.61. The highest BCUT2D eigenvalue weighted by molar-refractivity contribution is 5.84. The number of fused-ring (bicyclic) bond motifs is 4. The number of urea groups is 1. The number of nitrogens with zero attached hydrogens (tertiary/aromatic N) is 2. The van der Waals surface area contributed by atoms with E-state index in [-0.39, 0.29) is 36.0 Å². The number of rotatable bonds is 3. The fourth-order valence-electron chi connectivity index (χ4n) is 5.76. The third-order valence-electron chi connectivity index (χ3n) is 7.45. The molecule has 4 atom stereocenters. The summed E-state index contributed by atoms with van der Waals surface area (Å²) in [5, 5.41) is 3.17. The highest BCUT2D eigenvalue weighted by Crippen LogP contribution is 2.44. The zero-order chi connectivity index (χ0) is 22.2. The Bertz CT molecular complexity index is 1010. The molecule has 6 heteroatoms. The van der Waals surface area contributed by atoms with Crippen LogP contribution in [0.1, 0.15) is 55.0 Å². The van der Waals surface area contributed by atoms with Gasteiger partial charge in [-0.25, -0.2) is 4.79 Å². The minimum atomic E-state index is -0.0995. The van der Waals surface area contributed by atoms with Crippen molar-refractivity contribution in [3.63, 3.8) is 0 Å². The minimum absolute atomic E-state index is 0.0263. The molecule has 5 rings (SSSR count). The van der Waals surface area contributed by atoms with Crippen molar-refractivity contribution in [1.29, 1.82) is 0 Å². The van der Waals surface area contributed by atoms with Gasteiger partial charge in [-0.3, -0.25) is 4.79 Å². The Morgan fingerprint density at radius 2 is 1.97 bits per heavy atom. The molecule has 1 N–H and O–H groups in total. The van der Waals surface area contributed by atoms with E-state index in [1.165, 1.54) is 11.1 Å². The second-order valence-corrected chi connectivity index (χ2v) is 9.19. The maximum absolute atomic E-state index is 13.5. The maximum atomic E-state index is 13.5. The van der Waals surface area contributed by atoms with Crippen LogP contribution in [0.4, 0.5) is 4.79 Å². The fraction of sp³-hybridized carbons (Fsp3) is 0.462. The average Bonchev–Trinajstić information content (AvgIpc) is 2.83. The van der Waals surface area contributed by atoms with E-state index in [1.807, 2.05) is 48.2 Å². The van der Waals surface area contributed by atoms with Gasteiger partial charge in [-0.05, 0) is 61.4 Å². The van der Waals surface area contributed by atoms with Gasteiger partial charge >= 0.3 is 6.03 Å². The number of amides is 3. The van der Waals surface area contributed by atoms with Crippen molar-refractivity contribution >= 4 is 11.9 Å². The van der Waals surface area contributed by atoms with E-state index in [4.69, 9.17) is 4.74 Å². The molecule has 3 aliphatic rings. The van der Waals surface area contributed by atoms with E-state index < -0.39 is 0 Å². The monoisotopic (exact) mass is 433 g/mol. The van der Waals surface area contributed by atoms with Crippen LogP contribution in [0.3, 0.4) is 0 Å². The quantitative estimate of drug-likeness (QED) is 0.794. The molecule has 0 bridgehead atoms. The normalized spacial score (nSPS) is 25.3. The molecule has 2 aromatic rings. The summed E-state index contributed by atoms with van der Waals surface area (Å²) in [6.45, 7) is 3.45. The second-order valence-electron chi connectivity index (χ2n) is 9.19. The van der Waals surface area contributed by atoms with Gasteiger partial charge in [-0.15, -0.1) is 0 Å². The summed E-state index contributed by atoms with van der Waals surface area (Å²) in [5.41, 5.74) is 3.53. The SMILES string of the molecule is COc1ccc2c(c1)CCN1C(=O)C3CCCN(C(=O)N[C@H](C)c4ccccc4)C3CC21. The predicted molar refractivity (Wildman–Crippen MR) is 122 cm³/mol. The highest BCUT2D eigenvalue weighted by Gasteiger charge is 2.48. The Balaban J connectivity index is 1.38. The van der Waals surface area contributed by atoms with Gasteiger partial charge in [-0.1, -0.05) is 36.4 Å². The number of nitrogens with one attached hydrogen (secondary N) is 1. The van der Waals surface area contributed by atoms with E-state index in [9.17, 15) is 9.59 Å². The lowest BCUT2D eigenvalue weighted by molar-refractivity contribution is -0.148. The fourth-order valence-corrected chi connectivity index (χ4v) is 5.76. The van der Waals surface area contributed by atoms with Crippen molar-refractivity contribution in [2.24, 2.45) is 5.92 Å².